The number of hydrogen-bond donors (Lipinski definition) is 1. The van der Waals surface area contributed by atoms with E-state index in [1.165, 1.54) is 5.69 Å². The molecule has 0 spiro atoms. The third-order valence-corrected chi connectivity index (χ3v) is 4.02. The van der Waals surface area contributed by atoms with Crippen LogP contribution in [-0.2, 0) is 0 Å². The van der Waals surface area contributed by atoms with Crippen LogP contribution in [-0.4, -0.2) is 51.1 Å². The monoisotopic (exact) mass is 324 g/mol. The molecular weight excluding hydrogens is 304 g/mol. The molecule has 1 aliphatic rings. The van der Waals surface area contributed by atoms with Gasteiger partial charge in [0.25, 0.3) is 0 Å². The summed E-state index contributed by atoms with van der Waals surface area (Å²) in [7, 11) is 5.84. The van der Waals surface area contributed by atoms with Crippen molar-refractivity contribution in [3.63, 3.8) is 0 Å². The highest BCUT2D eigenvalue weighted by atomic mass is 79.9. The van der Waals surface area contributed by atoms with Crippen LogP contribution in [0, 0.1) is 0 Å². The van der Waals surface area contributed by atoms with E-state index in [2.05, 4.69) is 49.3 Å². The smallest absolute Gasteiger partial charge is 0.193 e. The zero-order valence-electron chi connectivity index (χ0n) is 11.7. The number of anilines is 1. The highest BCUT2D eigenvalue weighted by molar-refractivity contribution is 9.10. The normalized spacial score (nSPS) is 19.7. The SMILES string of the molecule is CN=C(NC1CCN(c2ccccc2Br)C1)N(C)C. The van der Waals surface area contributed by atoms with Gasteiger partial charge in [0, 0.05) is 44.7 Å². The lowest BCUT2D eigenvalue weighted by Gasteiger charge is -2.23. The van der Waals surface area contributed by atoms with E-state index in [9.17, 15) is 0 Å². The minimum atomic E-state index is 0.452. The molecule has 0 amide bonds. The molecular formula is C14H21BrN4. The quantitative estimate of drug-likeness (QED) is 0.668. The topological polar surface area (TPSA) is 30.9 Å². The molecule has 4 nitrogen and oxygen atoms in total. The molecule has 0 saturated carbocycles. The summed E-state index contributed by atoms with van der Waals surface area (Å²) in [5, 5.41) is 3.50. The Kier molecular flexibility index (Phi) is 4.69. The van der Waals surface area contributed by atoms with Crippen LogP contribution in [0.5, 0.6) is 0 Å². The summed E-state index contributed by atoms with van der Waals surface area (Å²) in [6, 6.07) is 8.84. The molecule has 1 atom stereocenters. The molecule has 1 heterocycles. The maximum atomic E-state index is 4.27. The van der Waals surface area contributed by atoms with Crippen LogP contribution in [0.3, 0.4) is 0 Å². The van der Waals surface area contributed by atoms with Gasteiger partial charge in [-0.15, -0.1) is 0 Å². The molecule has 1 fully saturated rings. The highest BCUT2D eigenvalue weighted by Crippen LogP contribution is 2.28. The molecule has 0 bridgehead atoms. The number of aliphatic imine (C=N–C) groups is 1. The number of nitrogens with zero attached hydrogens (tertiary/aromatic N) is 3. The van der Waals surface area contributed by atoms with Crippen LogP contribution in [0.4, 0.5) is 5.69 Å². The first kappa shape index (κ1) is 14.2. The Morgan fingerprint density at radius 1 is 1.42 bits per heavy atom. The molecule has 1 N–H and O–H groups in total. The summed E-state index contributed by atoms with van der Waals surface area (Å²) in [6.07, 6.45) is 1.13. The van der Waals surface area contributed by atoms with Gasteiger partial charge in [0.05, 0.1) is 5.69 Å². The van der Waals surface area contributed by atoms with Crippen LogP contribution in [0.15, 0.2) is 33.7 Å². The number of rotatable bonds is 2. The van der Waals surface area contributed by atoms with Crippen LogP contribution < -0.4 is 10.2 Å². The van der Waals surface area contributed by atoms with Crippen molar-refractivity contribution in [3.8, 4) is 0 Å². The molecule has 2 rings (SSSR count). The van der Waals surface area contributed by atoms with Crippen LogP contribution in [0.25, 0.3) is 0 Å². The summed E-state index contributed by atoms with van der Waals surface area (Å²) >= 11 is 3.62. The van der Waals surface area contributed by atoms with E-state index in [4.69, 9.17) is 0 Å². The molecule has 1 aromatic carbocycles. The van der Waals surface area contributed by atoms with Gasteiger partial charge in [-0.3, -0.25) is 4.99 Å². The van der Waals surface area contributed by atoms with Gasteiger partial charge in [-0.05, 0) is 34.5 Å². The summed E-state index contributed by atoms with van der Waals surface area (Å²) in [6.45, 7) is 2.08. The summed E-state index contributed by atoms with van der Waals surface area (Å²) in [5.74, 6) is 0.943. The zero-order chi connectivity index (χ0) is 13.8. The number of halogens is 1. The predicted molar refractivity (Wildman–Crippen MR) is 84.9 cm³/mol. The highest BCUT2D eigenvalue weighted by Gasteiger charge is 2.24. The molecule has 1 saturated heterocycles. The second-order valence-electron chi connectivity index (χ2n) is 4.97. The van der Waals surface area contributed by atoms with Crippen molar-refractivity contribution >= 4 is 27.6 Å². The Balaban J connectivity index is 1.99. The minimum Gasteiger partial charge on any atom is -0.368 e. The average Bonchev–Trinajstić information content (AvgIpc) is 2.84. The van der Waals surface area contributed by atoms with Gasteiger partial charge in [0.2, 0.25) is 0 Å². The second kappa shape index (κ2) is 6.28. The van der Waals surface area contributed by atoms with E-state index < -0.39 is 0 Å². The van der Waals surface area contributed by atoms with Crippen LogP contribution in [0.1, 0.15) is 6.42 Å². The van der Waals surface area contributed by atoms with Crippen LogP contribution >= 0.6 is 15.9 Å². The van der Waals surface area contributed by atoms with Crippen molar-refractivity contribution in [1.82, 2.24) is 10.2 Å². The Morgan fingerprint density at radius 3 is 2.79 bits per heavy atom. The number of para-hydroxylation sites is 1. The van der Waals surface area contributed by atoms with Crippen molar-refractivity contribution in [2.45, 2.75) is 12.5 Å². The average molecular weight is 325 g/mol. The van der Waals surface area contributed by atoms with Crippen LogP contribution in [0.2, 0.25) is 0 Å². The van der Waals surface area contributed by atoms with E-state index in [1.54, 1.807) is 0 Å². The Hall–Kier alpha value is -1.23. The maximum Gasteiger partial charge on any atom is 0.193 e. The van der Waals surface area contributed by atoms with Crippen molar-refractivity contribution in [1.29, 1.82) is 0 Å². The third-order valence-electron chi connectivity index (χ3n) is 3.35. The van der Waals surface area contributed by atoms with Gasteiger partial charge >= 0.3 is 0 Å². The van der Waals surface area contributed by atoms with E-state index in [1.807, 2.05) is 32.1 Å². The summed E-state index contributed by atoms with van der Waals surface area (Å²) < 4.78 is 1.16. The molecule has 0 radical (unpaired) electrons. The molecule has 19 heavy (non-hydrogen) atoms. The van der Waals surface area contributed by atoms with Crippen molar-refractivity contribution in [2.75, 3.05) is 39.1 Å². The second-order valence-corrected chi connectivity index (χ2v) is 5.82. The Labute approximate surface area is 123 Å². The molecule has 1 aliphatic heterocycles. The molecule has 0 aliphatic carbocycles. The molecule has 1 aromatic rings. The number of nitrogens with one attached hydrogen (secondary N) is 1. The maximum absolute atomic E-state index is 4.27. The lowest BCUT2D eigenvalue weighted by molar-refractivity contribution is 0.548. The number of benzene rings is 1. The van der Waals surface area contributed by atoms with Gasteiger partial charge < -0.3 is 15.1 Å². The predicted octanol–water partition coefficient (Wildman–Crippen LogP) is 2.16. The number of hydrogen-bond acceptors (Lipinski definition) is 2. The number of guanidine groups is 1. The minimum absolute atomic E-state index is 0.452. The lowest BCUT2D eigenvalue weighted by atomic mass is 10.3. The van der Waals surface area contributed by atoms with Gasteiger partial charge in [-0.2, -0.15) is 0 Å². The fraction of sp³-hybridized carbons (Fsp3) is 0.500. The van der Waals surface area contributed by atoms with Gasteiger partial charge in [0.1, 0.15) is 0 Å². The first-order valence-corrected chi connectivity index (χ1v) is 7.31. The van der Waals surface area contributed by atoms with E-state index in [-0.39, 0.29) is 0 Å². The van der Waals surface area contributed by atoms with Gasteiger partial charge in [0.15, 0.2) is 5.96 Å². The first-order valence-electron chi connectivity index (χ1n) is 6.52. The largest absolute Gasteiger partial charge is 0.368 e. The lowest BCUT2D eigenvalue weighted by Crippen LogP contribution is -2.43. The van der Waals surface area contributed by atoms with Crippen molar-refractivity contribution in [2.24, 2.45) is 4.99 Å². The zero-order valence-corrected chi connectivity index (χ0v) is 13.3. The van der Waals surface area contributed by atoms with E-state index >= 15 is 0 Å². The standard InChI is InChI=1S/C14H21BrN4/c1-16-14(18(2)3)17-11-8-9-19(10-11)13-7-5-4-6-12(13)15/h4-7,11H,8-10H2,1-3H3,(H,16,17). The first-order chi connectivity index (χ1) is 9.11. The Bertz CT molecular complexity index is 459. The van der Waals surface area contributed by atoms with E-state index in [0.29, 0.717) is 6.04 Å². The van der Waals surface area contributed by atoms with Gasteiger partial charge in [-0.25, -0.2) is 0 Å². The third kappa shape index (κ3) is 3.41. The molecule has 104 valence electrons. The molecule has 5 heteroatoms. The fourth-order valence-electron chi connectivity index (χ4n) is 2.38. The summed E-state index contributed by atoms with van der Waals surface area (Å²) in [4.78, 5) is 8.69. The fourth-order valence-corrected chi connectivity index (χ4v) is 2.92. The van der Waals surface area contributed by atoms with Crippen molar-refractivity contribution in [3.05, 3.63) is 28.7 Å². The summed E-state index contributed by atoms with van der Waals surface area (Å²) in [5.41, 5.74) is 1.27. The van der Waals surface area contributed by atoms with Gasteiger partial charge in [-0.1, -0.05) is 12.1 Å². The van der Waals surface area contributed by atoms with E-state index in [0.717, 1.165) is 29.9 Å². The van der Waals surface area contributed by atoms with Crippen molar-refractivity contribution < 1.29 is 0 Å². The molecule has 0 aromatic heterocycles. The molecule has 1 unspecified atom stereocenters. The Morgan fingerprint density at radius 2 is 2.16 bits per heavy atom.